The van der Waals surface area contributed by atoms with Crippen molar-refractivity contribution in [3.8, 4) is 0 Å². The van der Waals surface area contributed by atoms with Crippen molar-refractivity contribution in [2.75, 3.05) is 7.05 Å². The number of rotatable bonds is 1. The van der Waals surface area contributed by atoms with Gasteiger partial charge in [-0.15, -0.1) is 11.3 Å². The van der Waals surface area contributed by atoms with Gasteiger partial charge in [-0.2, -0.15) is 0 Å². The molecule has 18 heavy (non-hydrogen) atoms. The Kier molecular flexibility index (Phi) is 2.41. The zero-order valence-corrected chi connectivity index (χ0v) is 10.6. The van der Waals surface area contributed by atoms with Gasteiger partial charge in [0.25, 0.3) is 5.91 Å². The maximum atomic E-state index is 11.8. The average molecular weight is 257 g/mol. The summed E-state index contributed by atoms with van der Waals surface area (Å²) in [5.74, 6) is 0.0774. The number of benzene rings is 1. The van der Waals surface area contributed by atoms with Gasteiger partial charge in [-0.05, 0) is 28.5 Å². The predicted octanol–water partition coefficient (Wildman–Crippen LogP) is 2.03. The van der Waals surface area contributed by atoms with Crippen LogP contribution in [0.5, 0.6) is 0 Å². The predicted molar refractivity (Wildman–Crippen MR) is 74.2 cm³/mol. The fourth-order valence-electron chi connectivity index (χ4n) is 1.87. The van der Waals surface area contributed by atoms with Crippen LogP contribution >= 0.6 is 11.3 Å². The van der Waals surface area contributed by atoms with Crippen LogP contribution in [0, 0.1) is 0 Å². The van der Waals surface area contributed by atoms with Crippen LogP contribution in [-0.2, 0) is 4.79 Å². The summed E-state index contributed by atoms with van der Waals surface area (Å²) in [5, 5.41) is 3.15. The monoisotopic (exact) mass is 257 g/mol. The molecular formula is C13H11N3OS. The van der Waals surface area contributed by atoms with Gasteiger partial charge in [0.15, 0.2) is 0 Å². The maximum Gasteiger partial charge on any atom is 0.279 e. The Morgan fingerprint density at radius 1 is 1.39 bits per heavy atom. The highest BCUT2D eigenvalue weighted by Crippen LogP contribution is 2.28. The van der Waals surface area contributed by atoms with E-state index in [2.05, 4.69) is 11.1 Å². The topological polar surface area (TPSA) is 58.7 Å². The number of carbonyl (C=O) groups is 1. The second kappa shape index (κ2) is 3.96. The Labute approximate surface area is 108 Å². The van der Waals surface area contributed by atoms with Gasteiger partial charge in [0.1, 0.15) is 5.70 Å². The summed E-state index contributed by atoms with van der Waals surface area (Å²) in [5.41, 5.74) is 7.01. The summed E-state index contributed by atoms with van der Waals surface area (Å²) in [6.07, 6.45) is 1.79. The number of aliphatic imine (C=N–C) groups is 1. The number of nitrogens with zero attached hydrogens (tertiary/aromatic N) is 2. The van der Waals surface area contributed by atoms with Crippen molar-refractivity contribution in [2.45, 2.75) is 0 Å². The molecule has 0 radical (unpaired) electrons. The molecular weight excluding hydrogens is 246 g/mol. The average Bonchev–Trinajstić information content (AvgIpc) is 2.89. The number of nitrogens with two attached hydrogens (primary N) is 1. The lowest BCUT2D eigenvalue weighted by atomic mass is 10.1. The van der Waals surface area contributed by atoms with Crippen LogP contribution in [0.2, 0.25) is 0 Å². The maximum absolute atomic E-state index is 11.8. The summed E-state index contributed by atoms with van der Waals surface area (Å²) in [7, 11) is 1.62. The second-order valence-electron chi connectivity index (χ2n) is 4.05. The van der Waals surface area contributed by atoms with Gasteiger partial charge in [-0.1, -0.05) is 18.2 Å². The van der Waals surface area contributed by atoms with Crippen molar-refractivity contribution < 1.29 is 4.79 Å². The molecule has 0 bridgehead atoms. The third kappa shape index (κ3) is 1.60. The van der Waals surface area contributed by atoms with Crippen LogP contribution in [0.15, 0.2) is 40.3 Å². The minimum atomic E-state index is -0.164. The minimum absolute atomic E-state index is 0.164. The Balaban J connectivity index is 2.10. The van der Waals surface area contributed by atoms with E-state index in [4.69, 9.17) is 5.73 Å². The number of hydrogen-bond donors (Lipinski definition) is 1. The molecule has 5 heteroatoms. The Morgan fingerprint density at radius 2 is 2.17 bits per heavy atom. The zero-order chi connectivity index (χ0) is 12.7. The molecule has 0 saturated heterocycles. The Bertz CT molecular complexity index is 699. The van der Waals surface area contributed by atoms with E-state index in [-0.39, 0.29) is 11.9 Å². The van der Waals surface area contributed by atoms with E-state index in [0.29, 0.717) is 5.70 Å². The molecule has 0 fully saturated rings. The van der Waals surface area contributed by atoms with Gasteiger partial charge in [0.2, 0.25) is 5.96 Å². The van der Waals surface area contributed by atoms with Gasteiger partial charge in [-0.3, -0.25) is 9.69 Å². The molecule has 2 aromatic rings. The summed E-state index contributed by atoms with van der Waals surface area (Å²) in [6.45, 7) is 0. The van der Waals surface area contributed by atoms with Crippen molar-refractivity contribution in [3.05, 3.63) is 40.9 Å². The first-order chi connectivity index (χ1) is 8.66. The Morgan fingerprint density at radius 3 is 2.89 bits per heavy atom. The van der Waals surface area contributed by atoms with Crippen LogP contribution in [0.3, 0.4) is 0 Å². The highest BCUT2D eigenvalue weighted by atomic mass is 32.1. The fraction of sp³-hybridized carbons (Fsp3) is 0.0769. The fourth-order valence-corrected chi connectivity index (χ4v) is 2.79. The quantitative estimate of drug-likeness (QED) is 0.795. The first kappa shape index (κ1) is 11.0. The minimum Gasteiger partial charge on any atom is -0.369 e. The molecule has 1 aromatic heterocycles. The smallest absolute Gasteiger partial charge is 0.279 e. The van der Waals surface area contributed by atoms with Gasteiger partial charge in [0.05, 0.1) is 0 Å². The molecule has 1 aliphatic heterocycles. The van der Waals surface area contributed by atoms with Gasteiger partial charge in [-0.25, -0.2) is 4.99 Å². The first-order valence-electron chi connectivity index (χ1n) is 5.47. The molecule has 1 aliphatic rings. The molecule has 90 valence electrons. The van der Waals surface area contributed by atoms with Gasteiger partial charge in [0, 0.05) is 11.7 Å². The number of fused-ring (bicyclic) bond motifs is 1. The third-order valence-corrected chi connectivity index (χ3v) is 3.89. The van der Waals surface area contributed by atoms with Crippen LogP contribution < -0.4 is 5.73 Å². The lowest BCUT2D eigenvalue weighted by Crippen LogP contribution is -2.33. The molecule has 1 amide bonds. The number of carbonyl (C=O) groups excluding carboxylic acids is 1. The molecule has 2 N–H and O–H groups in total. The largest absolute Gasteiger partial charge is 0.369 e. The summed E-state index contributed by atoms with van der Waals surface area (Å²) in [4.78, 5) is 17.3. The molecule has 0 aliphatic carbocycles. The van der Waals surface area contributed by atoms with Crippen molar-refractivity contribution >= 4 is 39.4 Å². The number of thiophene rings is 1. The number of amides is 1. The van der Waals surface area contributed by atoms with Gasteiger partial charge < -0.3 is 5.73 Å². The van der Waals surface area contributed by atoms with E-state index < -0.39 is 0 Å². The lowest BCUT2D eigenvalue weighted by Gasteiger charge is -2.05. The van der Waals surface area contributed by atoms with E-state index in [9.17, 15) is 4.79 Å². The second-order valence-corrected chi connectivity index (χ2v) is 4.96. The summed E-state index contributed by atoms with van der Waals surface area (Å²) >= 11 is 1.65. The Hall–Kier alpha value is -2.14. The van der Waals surface area contributed by atoms with Crippen molar-refractivity contribution in [1.29, 1.82) is 0 Å². The third-order valence-electron chi connectivity index (χ3n) is 2.91. The normalized spacial score (nSPS) is 17.8. The van der Waals surface area contributed by atoms with Crippen LogP contribution in [0.25, 0.3) is 16.2 Å². The molecule has 0 atom stereocenters. The molecule has 1 aromatic carbocycles. The zero-order valence-electron chi connectivity index (χ0n) is 9.75. The highest BCUT2D eigenvalue weighted by molar-refractivity contribution is 7.17. The molecule has 0 unspecified atom stereocenters. The van der Waals surface area contributed by atoms with E-state index in [0.717, 1.165) is 10.9 Å². The standard InChI is InChI=1S/C13H11N3OS/c1-16-12(17)10(15-13(16)14)6-8-7-18-11-5-3-2-4-9(8)11/h2-7H,1H3,(H2,14,15)/b10-6-. The van der Waals surface area contributed by atoms with Crippen molar-refractivity contribution in [1.82, 2.24) is 4.90 Å². The number of guanidine groups is 1. The van der Waals surface area contributed by atoms with E-state index in [1.807, 2.05) is 23.6 Å². The highest BCUT2D eigenvalue weighted by Gasteiger charge is 2.24. The number of likely N-dealkylation sites (N-methyl/N-ethyl adjacent to an activating group) is 1. The molecule has 2 heterocycles. The molecule has 0 spiro atoms. The van der Waals surface area contributed by atoms with E-state index in [1.165, 1.54) is 9.60 Å². The van der Waals surface area contributed by atoms with Crippen LogP contribution in [0.1, 0.15) is 5.56 Å². The molecule has 4 nitrogen and oxygen atoms in total. The number of hydrogen-bond acceptors (Lipinski definition) is 4. The molecule has 3 rings (SSSR count). The van der Waals surface area contributed by atoms with Crippen molar-refractivity contribution in [3.63, 3.8) is 0 Å². The lowest BCUT2D eigenvalue weighted by molar-refractivity contribution is -0.121. The van der Waals surface area contributed by atoms with E-state index >= 15 is 0 Å². The SMILES string of the molecule is CN1C(=O)/C(=C/c2csc3ccccc23)N=C1N. The molecule has 0 saturated carbocycles. The van der Waals surface area contributed by atoms with Crippen molar-refractivity contribution in [2.24, 2.45) is 10.7 Å². The summed E-state index contributed by atoms with van der Waals surface area (Å²) in [6, 6.07) is 8.08. The van der Waals surface area contributed by atoms with Crippen LogP contribution in [0.4, 0.5) is 0 Å². The summed E-state index contributed by atoms with van der Waals surface area (Å²) < 4.78 is 1.19. The van der Waals surface area contributed by atoms with Crippen LogP contribution in [-0.4, -0.2) is 23.8 Å². The van der Waals surface area contributed by atoms with Gasteiger partial charge >= 0.3 is 0 Å². The van der Waals surface area contributed by atoms with E-state index in [1.54, 1.807) is 24.5 Å². The first-order valence-corrected chi connectivity index (χ1v) is 6.35.